The molecular weight excluding hydrogens is 434 g/mol. The minimum absolute atomic E-state index is 0.162. The minimum Gasteiger partial charge on any atom is -0.373 e. The Balaban J connectivity index is 1.50. The van der Waals surface area contributed by atoms with Gasteiger partial charge in [0.25, 0.3) is 5.91 Å². The third-order valence-electron chi connectivity index (χ3n) is 5.36. The molecule has 0 radical (unpaired) electrons. The number of aryl methyl sites for hydroxylation is 2. The van der Waals surface area contributed by atoms with Gasteiger partial charge in [0.1, 0.15) is 0 Å². The molecule has 1 aromatic heterocycles. The van der Waals surface area contributed by atoms with E-state index >= 15 is 0 Å². The monoisotopic (exact) mass is 459 g/mol. The average Bonchev–Trinajstić information content (AvgIpc) is 3.08. The smallest absolute Gasteiger partial charge is 0.257 e. The molecule has 0 unspecified atom stereocenters. The zero-order valence-electron chi connectivity index (χ0n) is 17.9. The van der Waals surface area contributed by atoms with Gasteiger partial charge in [-0.3, -0.25) is 10.1 Å². The summed E-state index contributed by atoms with van der Waals surface area (Å²) in [6, 6.07) is 10.1. The van der Waals surface area contributed by atoms with E-state index in [1.807, 2.05) is 33.8 Å². The van der Waals surface area contributed by atoms with Gasteiger partial charge >= 0.3 is 0 Å². The zero-order valence-corrected chi connectivity index (χ0v) is 19.5. The van der Waals surface area contributed by atoms with Crippen LogP contribution < -0.4 is 5.32 Å². The second-order valence-electron chi connectivity index (χ2n) is 7.98. The molecule has 0 saturated carbocycles. The zero-order chi connectivity index (χ0) is 22.3. The first-order chi connectivity index (χ1) is 14.6. The van der Waals surface area contributed by atoms with Gasteiger partial charge in [0.2, 0.25) is 10.0 Å². The maximum atomic E-state index is 13.0. The topological polar surface area (TPSA) is 88.6 Å². The van der Waals surface area contributed by atoms with Crippen molar-refractivity contribution < 1.29 is 17.9 Å². The van der Waals surface area contributed by atoms with Crippen LogP contribution in [0.2, 0.25) is 0 Å². The van der Waals surface area contributed by atoms with Gasteiger partial charge in [-0.2, -0.15) is 4.31 Å². The summed E-state index contributed by atoms with van der Waals surface area (Å²) in [5.74, 6) is -0.329. The summed E-state index contributed by atoms with van der Waals surface area (Å²) in [5, 5.41) is 3.32. The summed E-state index contributed by atoms with van der Waals surface area (Å²) in [5.41, 5.74) is 3.54. The Morgan fingerprint density at radius 3 is 2.35 bits per heavy atom. The third kappa shape index (κ3) is 4.50. The Bertz CT molecular complexity index is 1190. The highest BCUT2D eigenvalue weighted by molar-refractivity contribution is 7.89. The van der Waals surface area contributed by atoms with Crippen molar-refractivity contribution in [1.82, 2.24) is 9.29 Å². The summed E-state index contributed by atoms with van der Waals surface area (Å²) in [4.78, 5) is 17.3. The minimum atomic E-state index is -3.64. The molecule has 4 rings (SSSR count). The van der Waals surface area contributed by atoms with E-state index in [1.54, 1.807) is 0 Å². The number of aromatic nitrogens is 1. The molecule has 3 aromatic rings. The van der Waals surface area contributed by atoms with Crippen molar-refractivity contribution in [2.75, 3.05) is 18.4 Å². The average molecular weight is 460 g/mol. The van der Waals surface area contributed by atoms with Crippen LogP contribution in [-0.4, -0.2) is 48.9 Å². The number of sulfonamides is 1. The van der Waals surface area contributed by atoms with Gasteiger partial charge in [-0.25, -0.2) is 13.4 Å². The van der Waals surface area contributed by atoms with E-state index in [2.05, 4.69) is 16.4 Å². The lowest BCUT2D eigenvalue weighted by molar-refractivity contribution is -0.0440. The first kappa shape index (κ1) is 21.9. The summed E-state index contributed by atoms with van der Waals surface area (Å²) in [6.07, 6.45) is -0.324. The van der Waals surface area contributed by atoms with Gasteiger partial charge in [-0.05, 0) is 75.2 Å². The molecule has 7 nitrogen and oxygen atoms in total. The van der Waals surface area contributed by atoms with Crippen molar-refractivity contribution in [3.63, 3.8) is 0 Å². The molecule has 1 saturated heterocycles. The van der Waals surface area contributed by atoms with Crippen LogP contribution in [0.4, 0.5) is 5.13 Å². The van der Waals surface area contributed by atoms with E-state index in [0.717, 1.165) is 15.8 Å². The summed E-state index contributed by atoms with van der Waals surface area (Å²) < 4.78 is 34.0. The molecule has 0 spiro atoms. The molecule has 9 heteroatoms. The predicted octanol–water partition coefficient (Wildman–Crippen LogP) is 3.96. The quantitative estimate of drug-likeness (QED) is 0.638. The second kappa shape index (κ2) is 8.31. The maximum absolute atomic E-state index is 13.0. The highest BCUT2D eigenvalue weighted by atomic mass is 32.2. The predicted molar refractivity (Wildman–Crippen MR) is 122 cm³/mol. The molecule has 2 heterocycles. The number of fused-ring (bicyclic) bond motifs is 1. The molecule has 0 bridgehead atoms. The molecule has 31 heavy (non-hydrogen) atoms. The SMILES string of the molecule is Cc1cc2nc(NC(=O)c3ccc(S(=O)(=O)N4C[C@H](C)O[C@@H](C)C4)cc3)sc2cc1C. The lowest BCUT2D eigenvalue weighted by Gasteiger charge is -2.34. The number of anilines is 1. The van der Waals surface area contributed by atoms with Crippen LogP contribution in [-0.2, 0) is 14.8 Å². The van der Waals surface area contributed by atoms with Crippen LogP contribution in [0, 0.1) is 13.8 Å². The van der Waals surface area contributed by atoms with Crippen LogP contribution in [0.1, 0.15) is 35.3 Å². The number of thiazole rings is 1. The van der Waals surface area contributed by atoms with Crippen molar-refractivity contribution in [2.45, 2.75) is 44.8 Å². The van der Waals surface area contributed by atoms with Crippen molar-refractivity contribution in [1.29, 1.82) is 0 Å². The van der Waals surface area contributed by atoms with E-state index in [9.17, 15) is 13.2 Å². The molecular formula is C22H25N3O4S2. The molecule has 1 aliphatic rings. The lowest BCUT2D eigenvalue weighted by atomic mass is 10.1. The van der Waals surface area contributed by atoms with E-state index in [4.69, 9.17) is 4.74 Å². The van der Waals surface area contributed by atoms with Gasteiger partial charge in [0.05, 0.1) is 27.3 Å². The molecule has 1 amide bonds. The molecule has 164 valence electrons. The van der Waals surface area contributed by atoms with E-state index in [0.29, 0.717) is 23.8 Å². The van der Waals surface area contributed by atoms with Crippen molar-refractivity contribution in [3.05, 3.63) is 53.1 Å². The number of rotatable bonds is 4. The number of carbonyl (C=O) groups is 1. The van der Waals surface area contributed by atoms with Crippen molar-refractivity contribution in [2.24, 2.45) is 0 Å². The number of amides is 1. The Morgan fingerprint density at radius 1 is 1.10 bits per heavy atom. The number of morpholine rings is 1. The maximum Gasteiger partial charge on any atom is 0.257 e. The fourth-order valence-electron chi connectivity index (χ4n) is 3.66. The number of nitrogens with one attached hydrogen (secondary N) is 1. The summed E-state index contributed by atoms with van der Waals surface area (Å²) >= 11 is 1.41. The van der Waals surface area contributed by atoms with Crippen LogP contribution in [0.15, 0.2) is 41.3 Å². The van der Waals surface area contributed by atoms with E-state index in [1.165, 1.54) is 45.5 Å². The Kier molecular flexibility index (Phi) is 5.87. The van der Waals surface area contributed by atoms with Gasteiger partial charge < -0.3 is 4.74 Å². The number of carbonyl (C=O) groups excluding carboxylic acids is 1. The number of benzene rings is 2. The molecule has 0 aliphatic carbocycles. The van der Waals surface area contributed by atoms with Crippen molar-refractivity contribution in [3.8, 4) is 0 Å². The fourth-order valence-corrected chi connectivity index (χ4v) is 6.19. The largest absolute Gasteiger partial charge is 0.373 e. The van der Waals surface area contributed by atoms with Gasteiger partial charge in [-0.15, -0.1) is 0 Å². The van der Waals surface area contributed by atoms with Crippen molar-refractivity contribution >= 4 is 42.6 Å². The Labute approximate surface area is 186 Å². The number of ether oxygens (including phenoxy) is 1. The fraction of sp³-hybridized carbons (Fsp3) is 0.364. The standard InChI is InChI=1S/C22H25N3O4S2/c1-13-9-19-20(10-14(13)2)30-22(23-19)24-21(26)17-5-7-18(8-6-17)31(27,28)25-11-15(3)29-16(4)12-25/h5-10,15-16H,11-12H2,1-4H3,(H,23,24,26)/t15-,16-/m0/s1. The van der Waals surface area contributed by atoms with Gasteiger partial charge in [0, 0.05) is 18.7 Å². The normalized spacial score (nSPS) is 20.1. The molecule has 1 N–H and O–H groups in total. The highest BCUT2D eigenvalue weighted by Crippen LogP contribution is 2.29. The summed E-state index contributed by atoms with van der Waals surface area (Å²) in [7, 11) is -3.64. The van der Waals surface area contributed by atoms with Crippen LogP contribution >= 0.6 is 11.3 Å². The molecule has 1 aliphatic heterocycles. The number of hydrogen-bond donors (Lipinski definition) is 1. The van der Waals surface area contributed by atoms with Crippen LogP contribution in [0.25, 0.3) is 10.2 Å². The van der Waals surface area contributed by atoms with E-state index < -0.39 is 10.0 Å². The number of hydrogen-bond acceptors (Lipinski definition) is 6. The molecule has 2 atom stereocenters. The second-order valence-corrected chi connectivity index (χ2v) is 10.9. The number of nitrogens with zero attached hydrogens (tertiary/aromatic N) is 2. The third-order valence-corrected chi connectivity index (χ3v) is 8.14. The van der Waals surface area contributed by atoms with Crippen LogP contribution in [0.3, 0.4) is 0 Å². The molecule has 1 fully saturated rings. The first-order valence-corrected chi connectivity index (χ1v) is 12.3. The van der Waals surface area contributed by atoms with Crippen LogP contribution in [0.5, 0.6) is 0 Å². The van der Waals surface area contributed by atoms with E-state index in [-0.39, 0.29) is 23.0 Å². The lowest BCUT2D eigenvalue weighted by Crippen LogP contribution is -2.48. The van der Waals surface area contributed by atoms with Gasteiger partial charge in [0.15, 0.2) is 5.13 Å². The first-order valence-electron chi connectivity index (χ1n) is 10.1. The summed E-state index contributed by atoms with van der Waals surface area (Å²) in [6.45, 7) is 8.41. The Morgan fingerprint density at radius 2 is 1.71 bits per heavy atom. The Hall–Kier alpha value is -2.33. The highest BCUT2D eigenvalue weighted by Gasteiger charge is 2.32. The molecule has 2 aromatic carbocycles. The van der Waals surface area contributed by atoms with Gasteiger partial charge in [-0.1, -0.05) is 11.3 Å².